The Labute approximate surface area is 198 Å². The molecule has 2 aromatic heterocycles. The maximum atomic E-state index is 13.2. The Balaban J connectivity index is 1.47. The average molecular weight is 460 g/mol. The molecule has 33 heavy (non-hydrogen) atoms. The zero-order valence-electron chi connectivity index (χ0n) is 18.6. The monoisotopic (exact) mass is 459 g/mol. The zero-order chi connectivity index (χ0) is 23.2. The van der Waals surface area contributed by atoms with E-state index in [1.807, 2.05) is 43.6 Å². The number of pyridine rings is 1. The number of hydrogen-bond acceptors (Lipinski definition) is 4. The van der Waals surface area contributed by atoms with Crippen molar-refractivity contribution in [3.8, 4) is 11.1 Å². The Morgan fingerprint density at radius 2 is 1.82 bits per heavy atom. The van der Waals surface area contributed by atoms with Crippen LogP contribution in [0.25, 0.3) is 11.1 Å². The van der Waals surface area contributed by atoms with Crippen molar-refractivity contribution in [3.63, 3.8) is 0 Å². The fraction of sp³-hybridized carbons (Fsp3) is 0.192. The molecule has 0 aliphatic heterocycles. The predicted molar refractivity (Wildman–Crippen MR) is 132 cm³/mol. The van der Waals surface area contributed by atoms with E-state index in [0.29, 0.717) is 17.4 Å². The fourth-order valence-electron chi connectivity index (χ4n) is 3.57. The summed E-state index contributed by atoms with van der Waals surface area (Å²) in [5.74, 6) is 0.115. The van der Waals surface area contributed by atoms with Crippen molar-refractivity contribution in [3.05, 3.63) is 101 Å². The highest BCUT2D eigenvalue weighted by molar-refractivity contribution is 6.33. The molecule has 1 atom stereocenters. The van der Waals surface area contributed by atoms with Crippen LogP contribution in [0.1, 0.15) is 22.7 Å². The van der Waals surface area contributed by atoms with Crippen molar-refractivity contribution in [2.75, 3.05) is 11.9 Å². The van der Waals surface area contributed by atoms with Crippen molar-refractivity contribution in [2.45, 2.75) is 19.4 Å². The molecule has 0 fully saturated rings. The molecule has 2 heterocycles. The lowest BCUT2D eigenvalue weighted by atomic mass is 10.1. The topological polar surface area (TPSA) is 71.8 Å². The first kappa shape index (κ1) is 22.7. The molecule has 4 rings (SSSR count). The van der Waals surface area contributed by atoms with Gasteiger partial charge in [-0.05, 0) is 30.5 Å². The third-order valence-corrected chi connectivity index (χ3v) is 5.69. The molecular formula is C26H26ClN5O. The van der Waals surface area contributed by atoms with Crippen molar-refractivity contribution in [1.29, 1.82) is 0 Å². The Bertz CT molecular complexity index is 1220. The fourth-order valence-corrected chi connectivity index (χ4v) is 3.78. The zero-order valence-corrected chi connectivity index (χ0v) is 19.4. The van der Waals surface area contributed by atoms with Crippen LogP contribution in [0.15, 0.2) is 79.3 Å². The predicted octanol–water partition coefficient (Wildman–Crippen LogP) is 4.96. The Hall–Kier alpha value is -3.48. The highest BCUT2D eigenvalue weighted by atomic mass is 35.5. The molecule has 0 aliphatic carbocycles. The van der Waals surface area contributed by atoms with E-state index in [-0.39, 0.29) is 5.91 Å². The van der Waals surface area contributed by atoms with Crippen molar-refractivity contribution < 1.29 is 4.79 Å². The third-order valence-electron chi connectivity index (χ3n) is 5.40. The first-order valence-corrected chi connectivity index (χ1v) is 11.2. The largest absolute Gasteiger partial charge is 0.308 e. The minimum absolute atomic E-state index is 0.214. The van der Waals surface area contributed by atoms with E-state index in [4.69, 9.17) is 11.6 Å². The number of carbonyl (C=O) groups excluding carboxylic acids is 1. The highest BCUT2D eigenvalue weighted by Crippen LogP contribution is 2.27. The van der Waals surface area contributed by atoms with Gasteiger partial charge < -0.3 is 10.6 Å². The van der Waals surface area contributed by atoms with E-state index in [9.17, 15) is 4.79 Å². The van der Waals surface area contributed by atoms with Crippen LogP contribution >= 0.6 is 11.6 Å². The first-order chi connectivity index (χ1) is 16.0. The van der Waals surface area contributed by atoms with Crippen molar-refractivity contribution >= 4 is 23.3 Å². The second-order valence-corrected chi connectivity index (χ2v) is 8.39. The summed E-state index contributed by atoms with van der Waals surface area (Å²) in [7, 11) is 1.85. The number of anilines is 1. The second kappa shape index (κ2) is 10.4. The summed E-state index contributed by atoms with van der Waals surface area (Å²) < 4.78 is 1.71. The number of nitrogens with one attached hydrogen (secondary N) is 2. The summed E-state index contributed by atoms with van der Waals surface area (Å²) in [6.07, 6.45) is 6.13. The summed E-state index contributed by atoms with van der Waals surface area (Å²) in [6.45, 7) is 2.72. The Morgan fingerprint density at radius 1 is 1.06 bits per heavy atom. The lowest BCUT2D eigenvalue weighted by Crippen LogP contribution is -2.34. The van der Waals surface area contributed by atoms with Gasteiger partial charge in [0.2, 0.25) is 5.91 Å². The van der Waals surface area contributed by atoms with E-state index in [0.717, 1.165) is 23.1 Å². The molecular weight excluding hydrogens is 434 g/mol. The molecule has 1 amide bonds. The summed E-state index contributed by atoms with van der Waals surface area (Å²) in [6, 6.07) is 19.3. The highest BCUT2D eigenvalue weighted by Gasteiger charge is 2.21. The molecule has 6 nitrogen and oxygen atoms in total. The summed E-state index contributed by atoms with van der Waals surface area (Å²) >= 11 is 6.45. The third kappa shape index (κ3) is 5.86. The normalized spacial score (nSPS) is 11.8. The Morgan fingerprint density at radius 3 is 2.48 bits per heavy atom. The molecule has 0 bridgehead atoms. The number of nitrogens with zero attached hydrogens (tertiary/aromatic N) is 3. The van der Waals surface area contributed by atoms with Crippen LogP contribution in [0.5, 0.6) is 0 Å². The van der Waals surface area contributed by atoms with Gasteiger partial charge in [-0.3, -0.25) is 9.48 Å². The van der Waals surface area contributed by atoms with Gasteiger partial charge in [0, 0.05) is 37.1 Å². The van der Waals surface area contributed by atoms with Gasteiger partial charge >= 0.3 is 0 Å². The van der Waals surface area contributed by atoms with Gasteiger partial charge in [0.25, 0.3) is 0 Å². The lowest BCUT2D eigenvalue weighted by molar-refractivity contribution is -0.118. The van der Waals surface area contributed by atoms with Crippen LogP contribution in [-0.2, 0) is 18.3 Å². The molecule has 7 heteroatoms. The number of carbonyl (C=O) groups is 1. The number of hydrogen-bond donors (Lipinski definition) is 2. The number of benzene rings is 2. The van der Waals surface area contributed by atoms with Crippen LogP contribution in [0.4, 0.5) is 5.82 Å². The van der Waals surface area contributed by atoms with E-state index in [2.05, 4.69) is 51.9 Å². The number of amides is 1. The average Bonchev–Trinajstić information content (AvgIpc) is 3.26. The van der Waals surface area contributed by atoms with Gasteiger partial charge in [-0.15, -0.1) is 0 Å². The number of halogens is 1. The van der Waals surface area contributed by atoms with E-state index < -0.39 is 6.04 Å². The first-order valence-electron chi connectivity index (χ1n) is 10.8. The van der Waals surface area contributed by atoms with Crippen LogP contribution in [0.2, 0.25) is 5.02 Å². The maximum absolute atomic E-state index is 13.2. The molecule has 4 aromatic rings. The second-order valence-electron chi connectivity index (χ2n) is 7.98. The molecule has 0 spiro atoms. The number of aromatic nitrogens is 3. The maximum Gasteiger partial charge on any atom is 0.247 e. The molecule has 0 radical (unpaired) electrons. The number of rotatable bonds is 8. The van der Waals surface area contributed by atoms with Crippen molar-refractivity contribution in [1.82, 2.24) is 20.1 Å². The van der Waals surface area contributed by atoms with Crippen LogP contribution in [0.3, 0.4) is 0 Å². The molecule has 0 saturated carbocycles. The molecule has 2 N–H and O–H groups in total. The minimum Gasteiger partial charge on any atom is -0.308 e. The Kier molecular flexibility index (Phi) is 7.17. The van der Waals surface area contributed by atoms with E-state index >= 15 is 0 Å². The van der Waals surface area contributed by atoms with Crippen LogP contribution in [0, 0.1) is 6.92 Å². The van der Waals surface area contributed by atoms with Crippen LogP contribution in [-0.4, -0.2) is 27.2 Å². The van der Waals surface area contributed by atoms with Gasteiger partial charge in [-0.2, -0.15) is 5.10 Å². The molecule has 168 valence electrons. The molecule has 0 saturated heterocycles. The number of aryl methyl sites for hydroxylation is 2. The van der Waals surface area contributed by atoms with Gasteiger partial charge in [0.1, 0.15) is 6.04 Å². The minimum atomic E-state index is -0.535. The van der Waals surface area contributed by atoms with Crippen molar-refractivity contribution in [2.24, 2.45) is 7.05 Å². The van der Waals surface area contributed by atoms with Gasteiger partial charge in [0.15, 0.2) is 5.82 Å². The molecule has 0 unspecified atom stereocenters. The van der Waals surface area contributed by atoms with E-state index in [1.165, 1.54) is 11.1 Å². The molecule has 2 aromatic carbocycles. The SMILES string of the molecule is Cc1ccc(CCN[C@@H](C(=O)Nc2ncc(-c3cnn(C)c3)cc2Cl)c2ccccc2)cc1. The lowest BCUT2D eigenvalue weighted by Gasteiger charge is -2.19. The van der Waals surface area contributed by atoms with Gasteiger partial charge in [-0.25, -0.2) is 4.98 Å². The molecule has 0 aliphatic rings. The smallest absolute Gasteiger partial charge is 0.247 e. The van der Waals surface area contributed by atoms with Gasteiger partial charge in [0.05, 0.1) is 11.2 Å². The quantitative estimate of drug-likeness (QED) is 0.391. The van der Waals surface area contributed by atoms with Crippen LogP contribution < -0.4 is 10.6 Å². The summed E-state index contributed by atoms with van der Waals surface area (Å²) in [5.41, 5.74) is 5.07. The van der Waals surface area contributed by atoms with E-state index in [1.54, 1.807) is 23.1 Å². The summed E-state index contributed by atoms with van der Waals surface area (Å²) in [4.78, 5) is 17.6. The summed E-state index contributed by atoms with van der Waals surface area (Å²) in [5, 5.41) is 10.8. The van der Waals surface area contributed by atoms with Gasteiger partial charge in [-0.1, -0.05) is 71.8 Å². The standard InChI is InChI=1S/C26H26ClN5O/c1-18-8-10-19(11-9-18)12-13-28-24(20-6-4-3-5-7-20)26(33)31-25-23(27)14-21(15-29-25)22-16-30-32(2)17-22/h3-11,14-17,24,28H,12-13H2,1-2H3,(H,29,31,33)/t24-/m1/s1.